The van der Waals surface area contributed by atoms with Gasteiger partial charge in [-0.3, -0.25) is 14.5 Å². The monoisotopic (exact) mass is 406 g/mol. The Bertz CT molecular complexity index is 904. The number of hydrogen-bond donors (Lipinski definition) is 1. The molecule has 2 aromatic rings. The SMILES string of the molecule is CN1CCN(C2(c3nc4cc(Cl)c(F)cc4[nH]3)C(=O)CC(C)(C)CC2=O)CC1. The smallest absolute Gasteiger partial charge is 0.197 e. The first-order valence-corrected chi connectivity index (χ1v) is 9.87. The van der Waals surface area contributed by atoms with E-state index in [0.29, 0.717) is 24.1 Å². The van der Waals surface area contributed by atoms with Gasteiger partial charge in [0.05, 0.1) is 16.1 Å². The second-order valence-corrected chi connectivity index (χ2v) is 9.14. The number of rotatable bonds is 2. The number of fused-ring (bicyclic) bond motifs is 1. The first-order valence-electron chi connectivity index (χ1n) is 9.49. The van der Waals surface area contributed by atoms with Crippen molar-refractivity contribution in [3.63, 3.8) is 0 Å². The van der Waals surface area contributed by atoms with Crippen molar-refractivity contribution in [1.29, 1.82) is 0 Å². The summed E-state index contributed by atoms with van der Waals surface area (Å²) in [5, 5.41) is -0.0402. The summed E-state index contributed by atoms with van der Waals surface area (Å²) in [4.78, 5) is 38.7. The first kappa shape index (κ1) is 19.5. The summed E-state index contributed by atoms with van der Waals surface area (Å²) in [6.07, 6.45) is 0.578. The molecule has 8 heteroatoms. The topological polar surface area (TPSA) is 69.3 Å². The largest absolute Gasteiger partial charge is 0.340 e. The number of H-pyrrole nitrogens is 1. The maximum atomic E-state index is 13.9. The van der Waals surface area contributed by atoms with Gasteiger partial charge in [0.1, 0.15) is 11.6 Å². The Morgan fingerprint density at radius 1 is 1.11 bits per heavy atom. The van der Waals surface area contributed by atoms with Crippen molar-refractivity contribution in [3.05, 3.63) is 28.8 Å². The average Bonchev–Trinajstić information content (AvgIpc) is 2.98. The van der Waals surface area contributed by atoms with Gasteiger partial charge in [-0.25, -0.2) is 9.37 Å². The molecule has 0 unspecified atom stereocenters. The minimum absolute atomic E-state index is 0.0402. The Morgan fingerprint density at radius 2 is 1.71 bits per heavy atom. The fourth-order valence-corrected chi connectivity index (χ4v) is 4.59. The van der Waals surface area contributed by atoms with Crippen LogP contribution < -0.4 is 0 Å². The van der Waals surface area contributed by atoms with Crippen molar-refractivity contribution in [2.75, 3.05) is 33.2 Å². The number of nitrogens with one attached hydrogen (secondary N) is 1. The minimum Gasteiger partial charge on any atom is -0.340 e. The zero-order valence-electron chi connectivity index (χ0n) is 16.3. The Labute approximate surface area is 168 Å². The molecule has 4 rings (SSSR count). The average molecular weight is 407 g/mol. The van der Waals surface area contributed by atoms with Gasteiger partial charge in [-0.2, -0.15) is 0 Å². The molecule has 150 valence electrons. The van der Waals surface area contributed by atoms with Crippen molar-refractivity contribution in [3.8, 4) is 0 Å². The normalized spacial score (nSPS) is 23.5. The highest BCUT2D eigenvalue weighted by atomic mass is 35.5. The number of likely N-dealkylation sites (N-methyl/N-ethyl adjacent to an activating group) is 1. The quantitative estimate of drug-likeness (QED) is 0.776. The summed E-state index contributed by atoms with van der Waals surface area (Å²) in [6, 6.07) is 2.68. The molecule has 2 aliphatic rings. The third-order valence-corrected chi connectivity index (χ3v) is 6.22. The lowest BCUT2D eigenvalue weighted by Gasteiger charge is -2.48. The van der Waals surface area contributed by atoms with E-state index in [2.05, 4.69) is 14.9 Å². The van der Waals surface area contributed by atoms with Crippen LogP contribution in [0.4, 0.5) is 4.39 Å². The molecule has 6 nitrogen and oxygen atoms in total. The lowest BCUT2D eigenvalue weighted by atomic mass is 9.66. The van der Waals surface area contributed by atoms with Crippen LogP contribution in [0.2, 0.25) is 5.02 Å². The molecule has 0 amide bonds. The predicted octanol–water partition coefficient (Wildman–Crippen LogP) is 2.76. The molecule has 0 radical (unpaired) electrons. The summed E-state index contributed by atoms with van der Waals surface area (Å²) >= 11 is 5.90. The Balaban J connectivity index is 1.89. The second-order valence-electron chi connectivity index (χ2n) is 8.73. The van der Waals surface area contributed by atoms with E-state index in [9.17, 15) is 14.0 Å². The van der Waals surface area contributed by atoms with Crippen LogP contribution in [-0.4, -0.2) is 64.6 Å². The van der Waals surface area contributed by atoms with Crippen molar-refractivity contribution in [2.45, 2.75) is 32.2 Å². The number of halogens is 2. The van der Waals surface area contributed by atoms with Gasteiger partial charge in [0.25, 0.3) is 0 Å². The van der Waals surface area contributed by atoms with Gasteiger partial charge in [-0.05, 0) is 18.5 Å². The molecule has 0 spiro atoms. The van der Waals surface area contributed by atoms with Crippen LogP contribution in [0.1, 0.15) is 32.5 Å². The molecule has 1 aromatic carbocycles. The number of carbonyl (C=O) groups is 2. The highest BCUT2D eigenvalue weighted by molar-refractivity contribution is 6.31. The summed E-state index contributed by atoms with van der Waals surface area (Å²) in [5.41, 5.74) is -0.957. The number of aromatic amines is 1. The third kappa shape index (κ3) is 2.96. The van der Waals surface area contributed by atoms with Crippen LogP contribution in [0.15, 0.2) is 12.1 Å². The molecule has 2 heterocycles. The second kappa shape index (κ2) is 6.61. The molecule has 28 heavy (non-hydrogen) atoms. The molecule has 0 atom stereocenters. The fourth-order valence-electron chi connectivity index (χ4n) is 4.43. The van der Waals surface area contributed by atoms with Crippen molar-refractivity contribution in [1.82, 2.24) is 19.8 Å². The van der Waals surface area contributed by atoms with Crippen LogP contribution in [0.3, 0.4) is 0 Å². The molecule has 2 fully saturated rings. The van der Waals surface area contributed by atoms with Crippen molar-refractivity contribution in [2.24, 2.45) is 5.41 Å². The van der Waals surface area contributed by atoms with Crippen molar-refractivity contribution < 1.29 is 14.0 Å². The minimum atomic E-state index is -1.45. The summed E-state index contributed by atoms with van der Waals surface area (Å²) < 4.78 is 13.9. The third-order valence-electron chi connectivity index (χ3n) is 5.93. The Hall–Kier alpha value is -1.83. The van der Waals surface area contributed by atoms with Gasteiger partial charge in [0.2, 0.25) is 0 Å². The van der Waals surface area contributed by atoms with Crippen LogP contribution in [0, 0.1) is 11.2 Å². The summed E-state index contributed by atoms with van der Waals surface area (Å²) in [6.45, 7) is 6.55. The molecule has 1 aromatic heterocycles. The summed E-state index contributed by atoms with van der Waals surface area (Å²) in [5.74, 6) is -0.590. The van der Waals surface area contributed by atoms with Crippen LogP contribution in [0.25, 0.3) is 11.0 Å². The standard InChI is InChI=1S/C20H24ClFN4O2/c1-19(2)10-16(27)20(17(28)11-19,26-6-4-25(3)5-7-26)18-23-14-8-12(21)13(22)9-15(14)24-18/h8-9H,4-7,10-11H2,1-3H3,(H,23,24). The Kier molecular flexibility index (Phi) is 4.60. The zero-order chi connectivity index (χ0) is 20.3. The molecule has 1 aliphatic heterocycles. The molecule has 0 bridgehead atoms. The molecule has 1 N–H and O–H groups in total. The number of nitrogens with zero attached hydrogens (tertiary/aromatic N) is 3. The lowest BCUT2D eigenvalue weighted by molar-refractivity contribution is -0.154. The van der Waals surface area contributed by atoms with E-state index in [-0.39, 0.29) is 40.7 Å². The number of carbonyl (C=O) groups excluding carboxylic acids is 2. The van der Waals surface area contributed by atoms with Gasteiger partial charge >= 0.3 is 0 Å². The molecule has 1 aliphatic carbocycles. The van der Waals surface area contributed by atoms with E-state index in [1.165, 1.54) is 12.1 Å². The maximum Gasteiger partial charge on any atom is 0.197 e. The van der Waals surface area contributed by atoms with E-state index in [1.807, 2.05) is 25.8 Å². The first-order chi connectivity index (χ1) is 13.1. The molecular formula is C20H24ClFN4O2. The number of benzene rings is 1. The number of aromatic nitrogens is 2. The van der Waals surface area contributed by atoms with E-state index in [0.717, 1.165) is 13.1 Å². The van der Waals surface area contributed by atoms with Crippen LogP contribution in [0.5, 0.6) is 0 Å². The number of hydrogen-bond acceptors (Lipinski definition) is 5. The molecule has 1 saturated carbocycles. The van der Waals surface area contributed by atoms with Gasteiger partial charge in [0, 0.05) is 45.1 Å². The van der Waals surface area contributed by atoms with Gasteiger partial charge in [-0.1, -0.05) is 25.4 Å². The lowest BCUT2D eigenvalue weighted by Crippen LogP contribution is -2.65. The highest BCUT2D eigenvalue weighted by Gasteiger charge is 2.58. The van der Waals surface area contributed by atoms with Crippen molar-refractivity contribution >= 4 is 34.2 Å². The maximum absolute atomic E-state index is 13.9. The van der Waals surface area contributed by atoms with E-state index < -0.39 is 11.4 Å². The van der Waals surface area contributed by atoms with E-state index >= 15 is 0 Å². The number of Topliss-reactive ketones (excluding diaryl/α,β-unsaturated/α-hetero) is 2. The summed E-state index contributed by atoms with van der Waals surface area (Å²) in [7, 11) is 2.02. The van der Waals surface area contributed by atoms with Crippen LogP contribution in [-0.2, 0) is 15.1 Å². The van der Waals surface area contributed by atoms with E-state index in [1.54, 1.807) is 0 Å². The van der Waals surface area contributed by atoms with E-state index in [4.69, 9.17) is 11.6 Å². The molecular weight excluding hydrogens is 383 g/mol. The number of ketones is 2. The predicted molar refractivity (Wildman–Crippen MR) is 105 cm³/mol. The Morgan fingerprint density at radius 3 is 2.32 bits per heavy atom. The highest BCUT2D eigenvalue weighted by Crippen LogP contribution is 2.44. The van der Waals surface area contributed by atoms with Gasteiger partial charge < -0.3 is 9.88 Å². The molecule has 1 saturated heterocycles. The number of imidazole rings is 1. The number of piperazine rings is 1. The fraction of sp³-hybridized carbons (Fsp3) is 0.550. The van der Waals surface area contributed by atoms with Crippen LogP contribution >= 0.6 is 11.6 Å². The van der Waals surface area contributed by atoms with Gasteiger partial charge in [-0.15, -0.1) is 0 Å². The van der Waals surface area contributed by atoms with Gasteiger partial charge in [0.15, 0.2) is 17.1 Å². The zero-order valence-corrected chi connectivity index (χ0v) is 17.1.